The van der Waals surface area contributed by atoms with Gasteiger partial charge in [0.25, 0.3) is 0 Å². The van der Waals surface area contributed by atoms with Crippen molar-refractivity contribution in [2.45, 2.75) is 11.7 Å². The van der Waals surface area contributed by atoms with Gasteiger partial charge in [0.2, 0.25) is 0 Å². The van der Waals surface area contributed by atoms with E-state index in [4.69, 9.17) is 16.3 Å². The van der Waals surface area contributed by atoms with Crippen molar-refractivity contribution in [3.05, 3.63) is 41.0 Å². The smallest absolute Gasteiger partial charge is 0.190 e. The number of hydrogen-bond acceptors (Lipinski definition) is 5. The van der Waals surface area contributed by atoms with E-state index < -0.39 is 0 Å². The van der Waals surface area contributed by atoms with Crippen LogP contribution < -0.4 is 10.1 Å². The highest BCUT2D eigenvalue weighted by atomic mass is 35.5. The summed E-state index contributed by atoms with van der Waals surface area (Å²) in [5, 5.41) is 4.30. The summed E-state index contributed by atoms with van der Waals surface area (Å²) in [6.07, 6.45) is 1.91. The number of hydrogen-bond donors (Lipinski definition) is 1. The molecule has 1 N–H and O–H groups in total. The van der Waals surface area contributed by atoms with Gasteiger partial charge in [-0.25, -0.2) is 9.97 Å². The lowest BCUT2D eigenvalue weighted by atomic mass is 10.2. The maximum Gasteiger partial charge on any atom is 0.190 e. The lowest BCUT2D eigenvalue weighted by molar-refractivity contribution is 0.410. The quantitative estimate of drug-likeness (QED) is 0.520. The first kappa shape index (κ1) is 14.0. The predicted molar refractivity (Wildman–Crippen MR) is 79.1 cm³/mol. The Balaban J connectivity index is 2.12. The Hall–Kier alpha value is -1.46. The molecule has 0 radical (unpaired) electrons. The minimum Gasteiger partial charge on any atom is -0.496 e. The molecule has 1 aromatic heterocycles. The van der Waals surface area contributed by atoms with Gasteiger partial charge in [-0.05, 0) is 12.3 Å². The Bertz CT molecular complexity index is 565. The molecule has 100 valence electrons. The summed E-state index contributed by atoms with van der Waals surface area (Å²) in [5.74, 6) is 1.55. The molecule has 2 rings (SSSR count). The molecule has 0 amide bonds. The number of aromatic nitrogens is 2. The van der Waals surface area contributed by atoms with E-state index in [0.29, 0.717) is 22.7 Å². The topological polar surface area (TPSA) is 47.0 Å². The lowest BCUT2D eigenvalue weighted by Crippen LogP contribution is -2.04. The van der Waals surface area contributed by atoms with Crippen LogP contribution in [0.2, 0.25) is 5.15 Å². The van der Waals surface area contributed by atoms with Crippen molar-refractivity contribution in [1.29, 1.82) is 0 Å². The van der Waals surface area contributed by atoms with Gasteiger partial charge in [-0.3, -0.25) is 0 Å². The van der Waals surface area contributed by atoms with Crippen LogP contribution in [-0.4, -0.2) is 23.3 Å². The monoisotopic (exact) mass is 295 g/mol. The third-order valence-electron chi connectivity index (χ3n) is 2.51. The zero-order chi connectivity index (χ0) is 13.7. The molecule has 2 aromatic rings. The van der Waals surface area contributed by atoms with Gasteiger partial charge in [0, 0.05) is 18.2 Å². The Morgan fingerprint density at radius 2 is 2.11 bits per heavy atom. The van der Waals surface area contributed by atoms with Crippen LogP contribution in [-0.2, 0) is 6.54 Å². The zero-order valence-electron chi connectivity index (χ0n) is 10.7. The van der Waals surface area contributed by atoms with Crippen LogP contribution in [0.1, 0.15) is 5.56 Å². The first-order valence-electron chi connectivity index (χ1n) is 5.67. The summed E-state index contributed by atoms with van der Waals surface area (Å²) in [7, 11) is 1.66. The van der Waals surface area contributed by atoms with Gasteiger partial charge >= 0.3 is 0 Å². The van der Waals surface area contributed by atoms with Crippen molar-refractivity contribution in [2.24, 2.45) is 0 Å². The maximum atomic E-state index is 5.94. The van der Waals surface area contributed by atoms with Gasteiger partial charge in [0.05, 0.1) is 7.11 Å². The van der Waals surface area contributed by atoms with Crippen LogP contribution >= 0.6 is 23.4 Å². The highest BCUT2D eigenvalue weighted by Crippen LogP contribution is 2.20. The first-order valence-corrected chi connectivity index (χ1v) is 7.27. The number of rotatable bonds is 5. The molecule has 0 aliphatic heterocycles. The number of ether oxygens (including phenoxy) is 1. The van der Waals surface area contributed by atoms with Crippen molar-refractivity contribution in [3.63, 3.8) is 0 Å². The Morgan fingerprint density at radius 1 is 1.32 bits per heavy atom. The highest BCUT2D eigenvalue weighted by molar-refractivity contribution is 7.98. The van der Waals surface area contributed by atoms with Crippen LogP contribution in [0, 0.1) is 0 Å². The summed E-state index contributed by atoms with van der Waals surface area (Å²) in [4.78, 5) is 8.43. The van der Waals surface area contributed by atoms with E-state index in [1.54, 1.807) is 13.2 Å². The molecule has 4 nitrogen and oxygen atoms in total. The molecule has 1 aromatic carbocycles. The third kappa shape index (κ3) is 3.75. The fraction of sp³-hybridized carbons (Fsp3) is 0.231. The highest BCUT2D eigenvalue weighted by Gasteiger charge is 2.04. The zero-order valence-corrected chi connectivity index (χ0v) is 12.3. The van der Waals surface area contributed by atoms with Gasteiger partial charge < -0.3 is 10.1 Å². The SMILES string of the molecule is COc1ccccc1CNc1cc(Cl)nc(SC)n1. The fourth-order valence-electron chi connectivity index (χ4n) is 1.61. The second kappa shape index (κ2) is 6.63. The lowest BCUT2D eigenvalue weighted by Gasteiger charge is -2.10. The van der Waals surface area contributed by atoms with Gasteiger partial charge in [-0.15, -0.1) is 0 Å². The number of para-hydroxylation sites is 1. The molecule has 0 spiro atoms. The van der Waals surface area contributed by atoms with E-state index in [0.717, 1.165) is 11.3 Å². The molecule has 0 fully saturated rings. The summed E-state index contributed by atoms with van der Waals surface area (Å²) in [5.41, 5.74) is 1.06. The standard InChI is InChI=1S/C13H14ClN3OS/c1-18-10-6-4-3-5-9(10)8-15-12-7-11(14)16-13(17-12)19-2/h3-7H,8H2,1-2H3,(H,15,16,17). The van der Waals surface area contributed by atoms with Crippen molar-refractivity contribution in [3.8, 4) is 5.75 Å². The minimum atomic E-state index is 0.432. The van der Waals surface area contributed by atoms with E-state index in [1.165, 1.54) is 11.8 Å². The molecule has 0 saturated heterocycles. The molecule has 0 bridgehead atoms. The van der Waals surface area contributed by atoms with Gasteiger partial charge in [-0.2, -0.15) is 0 Å². The number of nitrogens with zero attached hydrogens (tertiary/aromatic N) is 2. The van der Waals surface area contributed by atoms with E-state index in [9.17, 15) is 0 Å². The normalized spacial score (nSPS) is 10.3. The van der Waals surface area contributed by atoms with E-state index in [-0.39, 0.29) is 0 Å². The van der Waals surface area contributed by atoms with E-state index in [2.05, 4.69) is 15.3 Å². The second-order valence-corrected chi connectivity index (χ2v) is 4.89. The van der Waals surface area contributed by atoms with Crippen LogP contribution in [0.4, 0.5) is 5.82 Å². The molecular weight excluding hydrogens is 282 g/mol. The molecule has 19 heavy (non-hydrogen) atoms. The van der Waals surface area contributed by atoms with Gasteiger partial charge in [-0.1, -0.05) is 41.6 Å². The molecule has 6 heteroatoms. The van der Waals surface area contributed by atoms with Gasteiger partial charge in [0.1, 0.15) is 16.7 Å². The van der Waals surface area contributed by atoms with Crippen LogP contribution in [0.25, 0.3) is 0 Å². The molecular formula is C13H14ClN3OS. The summed E-state index contributed by atoms with van der Waals surface area (Å²) in [6.45, 7) is 0.616. The Labute approximate surface area is 121 Å². The Kier molecular flexibility index (Phi) is 4.87. The fourth-order valence-corrected chi connectivity index (χ4v) is 2.23. The number of halogens is 1. The van der Waals surface area contributed by atoms with Crippen LogP contribution in [0.3, 0.4) is 0 Å². The second-order valence-electron chi connectivity index (χ2n) is 3.73. The Morgan fingerprint density at radius 3 is 2.84 bits per heavy atom. The van der Waals surface area contributed by atoms with Crippen molar-refractivity contribution < 1.29 is 4.74 Å². The molecule has 0 aliphatic carbocycles. The molecule has 0 saturated carbocycles. The maximum absolute atomic E-state index is 5.94. The average molecular weight is 296 g/mol. The number of thioether (sulfide) groups is 1. The molecule has 0 aliphatic rings. The largest absolute Gasteiger partial charge is 0.496 e. The molecule has 0 unspecified atom stereocenters. The minimum absolute atomic E-state index is 0.432. The number of nitrogens with one attached hydrogen (secondary N) is 1. The van der Waals surface area contributed by atoms with E-state index in [1.807, 2.05) is 30.5 Å². The number of methoxy groups -OCH3 is 1. The summed E-state index contributed by atoms with van der Waals surface area (Å²) < 4.78 is 5.30. The van der Waals surface area contributed by atoms with Crippen LogP contribution in [0.15, 0.2) is 35.5 Å². The molecule has 0 atom stereocenters. The van der Waals surface area contributed by atoms with Crippen molar-refractivity contribution in [2.75, 3.05) is 18.7 Å². The number of anilines is 1. The third-order valence-corrected chi connectivity index (χ3v) is 3.25. The van der Waals surface area contributed by atoms with Crippen LogP contribution in [0.5, 0.6) is 5.75 Å². The molecule has 1 heterocycles. The van der Waals surface area contributed by atoms with Crippen molar-refractivity contribution in [1.82, 2.24) is 9.97 Å². The average Bonchev–Trinajstić information content (AvgIpc) is 2.44. The predicted octanol–water partition coefficient (Wildman–Crippen LogP) is 3.47. The number of benzene rings is 1. The summed E-state index contributed by atoms with van der Waals surface area (Å²) >= 11 is 7.40. The first-order chi connectivity index (χ1) is 9.22. The van der Waals surface area contributed by atoms with Crippen molar-refractivity contribution >= 4 is 29.2 Å². The van der Waals surface area contributed by atoms with Gasteiger partial charge in [0.15, 0.2) is 5.16 Å². The summed E-state index contributed by atoms with van der Waals surface area (Å²) in [6, 6.07) is 9.55. The van der Waals surface area contributed by atoms with E-state index >= 15 is 0 Å².